The highest BCUT2D eigenvalue weighted by molar-refractivity contribution is 7.86. The molecule has 0 aliphatic rings. The second-order valence-corrected chi connectivity index (χ2v) is 17.1. The average Bonchev–Trinajstić information content (AvgIpc) is 3.19. The van der Waals surface area contributed by atoms with E-state index in [4.69, 9.17) is 4.74 Å². The number of anilines is 2. The number of methoxy groups -OCH3 is 1. The summed E-state index contributed by atoms with van der Waals surface area (Å²) >= 11 is 0. The summed E-state index contributed by atoms with van der Waals surface area (Å²) in [6.07, 6.45) is 0. The van der Waals surface area contributed by atoms with Crippen LogP contribution in [0.15, 0.2) is 150 Å². The summed E-state index contributed by atoms with van der Waals surface area (Å²) in [7, 11) is -13.3. The van der Waals surface area contributed by atoms with Crippen LogP contribution in [-0.4, -0.2) is 61.3 Å². The fraction of sp³-hybridized carbons (Fsp3) is 0.0256. The highest BCUT2D eigenvalue weighted by Crippen LogP contribution is 2.45. The van der Waals surface area contributed by atoms with Crippen LogP contribution >= 0.6 is 0 Å². The summed E-state index contributed by atoms with van der Waals surface area (Å²) in [5.41, 5.74) is 1.09. The Kier molecular flexibility index (Phi) is 10.7. The molecule has 0 amide bonds. The standard InChI is InChI=1S/C39H29N5O13S3/c1-57-33-17-22(9-14-31(33)42-44-37-34(59(51,52)53)18-23-7-10-26(20-29(23)38(37)46)40-25-5-3-2-4-6-25)21-8-13-30(32(45)16-21)41-43-36-28-12-11-27(58(48,49)50)15-24(28)19-35(39(36)47)60(54,55)56/h2-20,40,45-47H,1H3,(H,48,49,50)(H,51,52,53)(H,54,55,56). The Balaban J connectivity index is 1.20. The van der Waals surface area contributed by atoms with E-state index in [1.54, 1.807) is 24.3 Å². The smallest absolute Gasteiger partial charge is 0.298 e. The molecule has 0 fully saturated rings. The van der Waals surface area contributed by atoms with E-state index in [9.17, 15) is 54.2 Å². The Morgan fingerprint density at radius 3 is 1.80 bits per heavy atom. The fourth-order valence-corrected chi connectivity index (χ4v) is 7.91. The van der Waals surface area contributed by atoms with Gasteiger partial charge in [0.2, 0.25) is 0 Å². The Bertz CT molecular complexity index is 3290. The number of ether oxygens (including phenoxy) is 1. The summed E-state index contributed by atoms with van der Waals surface area (Å²) < 4.78 is 107. The molecule has 306 valence electrons. The maximum absolute atomic E-state index is 12.4. The molecule has 0 spiro atoms. The lowest BCUT2D eigenvalue weighted by molar-refractivity contribution is 0.416. The molecule has 0 saturated carbocycles. The van der Waals surface area contributed by atoms with Gasteiger partial charge in [-0.25, -0.2) is 0 Å². The minimum Gasteiger partial charge on any atom is -0.506 e. The van der Waals surface area contributed by atoms with E-state index in [-0.39, 0.29) is 33.3 Å². The fourth-order valence-electron chi connectivity index (χ4n) is 6.12. The summed E-state index contributed by atoms with van der Waals surface area (Å²) in [6.45, 7) is 0. The second kappa shape index (κ2) is 15.6. The number of para-hydroxylation sites is 1. The lowest BCUT2D eigenvalue weighted by Gasteiger charge is -2.12. The zero-order valence-electron chi connectivity index (χ0n) is 30.5. The molecule has 7 N–H and O–H groups in total. The molecule has 21 heteroatoms. The van der Waals surface area contributed by atoms with Crippen LogP contribution in [0.4, 0.5) is 34.1 Å². The summed E-state index contributed by atoms with van der Waals surface area (Å²) in [6, 6.07) is 27.6. The van der Waals surface area contributed by atoms with E-state index in [0.717, 1.165) is 36.0 Å². The largest absolute Gasteiger partial charge is 0.506 e. The van der Waals surface area contributed by atoms with Gasteiger partial charge < -0.3 is 25.4 Å². The van der Waals surface area contributed by atoms with Crippen molar-refractivity contribution in [2.75, 3.05) is 12.4 Å². The van der Waals surface area contributed by atoms with Gasteiger partial charge in [-0.15, -0.1) is 20.5 Å². The molecule has 0 saturated heterocycles. The Morgan fingerprint density at radius 2 is 1.15 bits per heavy atom. The summed E-state index contributed by atoms with van der Waals surface area (Å²) in [5.74, 6) is -1.90. The first-order valence-corrected chi connectivity index (χ1v) is 21.3. The number of nitrogens with zero attached hydrogens (tertiary/aromatic N) is 4. The van der Waals surface area contributed by atoms with Crippen LogP contribution in [0.3, 0.4) is 0 Å². The second-order valence-electron chi connectivity index (χ2n) is 12.9. The first-order valence-electron chi connectivity index (χ1n) is 17.0. The van der Waals surface area contributed by atoms with E-state index in [0.29, 0.717) is 22.2 Å². The first kappa shape index (κ1) is 41.2. The van der Waals surface area contributed by atoms with Crippen molar-refractivity contribution in [1.29, 1.82) is 0 Å². The molecule has 0 radical (unpaired) electrons. The predicted molar refractivity (Wildman–Crippen MR) is 219 cm³/mol. The molecular formula is C39H29N5O13S3. The van der Waals surface area contributed by atoms with E-state index >= 15 is 0 Å². The summed E-state index contributed by atoms with van der Waals surface area (Å²) in [4.78, 5) is -2.32. The summed E-state index contributed by atoms with van der Waals surface area (Å²) in [5, 5.41) is 52.4. The Labute approximate surface area is 340 Å². The molecule has 0 aliphatic heterocycles. The third kappa shape index (κ3) is 8.42. The number of rotatable bonds is 11. The highest BCUT2D eigenvalue weighted by Gasteiger charge is 2.24. The van der Waals surface area contributed by atoms with Gasteiger partial charge in [-0.2, -0.15) is 25.3 Å². The number of fused-ring (bicyclic) bond motifs is 2. The van der Waals surface area contributed by atoms with Gasteiger partial charge in [-0.3, -0.25) is 13.7 Å². The van der Waals surface area contributed by atoms with Gasteiger partial charge in [0.1, 0.15) is 44.0 Å². The Morgan fingerprint density at radius 1 is 0.517 bits per heavy atom. The van der Waals surface area contributed by atoms with Crippen molar-refractivity contribution in [2.45, 2.75) is 14.7 Å². The number of phenolic OH excluding ortho intramolecular Hbond substituents is 3. The molecular weight excluding hydrogens is 843 g/mol. The molecule has 18 nitrogen and oxygen atoms in total. The molecule has 0 atom stereocenters. The SMILES string of the molecule is COc1cc(-c2ccc(N=Nc3c(O)c(S(=O)(=O)O)cc4cc(S(=O)(=O)O)ccc34)c(O)c2)ccc1N=Nc1c(S(=O)(=O)O)cc2ccc(Nc3ccccc3)cc2c1O. The van der Waals surface area contributed by atoms with Crippen molar-refractivity contribution in [1.82, 2.24) is 0 Å². The monoisotopic (exact) mass is 871 g/mol. The Hall–Kier alpha value is -7.01. The van der Waals surface area contributed by atoms with Crippen LogP contribution in [0, 0.1) is 0 Å². The number of nitrogens with one attached hydrogen (secondary N) is 1. The van der Waals surface area contributed by atoms with Gasteiger partial charge in [-0.05, 0) is 94.7 Å². The van der Waals surface area contributed by atoms with Crippen molar-refractivity contribution >= 4 is 86.0 Å². The molecule has 7 rings (SSSR count). The van der Waals surface area contributed by atoms with Crippen LogP contribution in [0.2, 0.25) is 0 Å². The zero-order chi connectivity index (χ0) is 43.1. The van der Waals surface area contributed by atoms with Crippen LogP contribution in [0.1, 0.15) is 0 Å². The van der Waals surface area contributed by atoms with E-state index in [1.807, 2.05) is 30.3 Å². The number of aromatic hydroxyl groups is 3. The lowest BCUT2D eigenvalue weighted by atomic mass is 10.0. The number of azo groups is 2. The average molecular weight is 872 g/mol. The number of benzene rings is 7. The maximum atomic E-state index is 12.4. The number of hydrogen-bond donors (Lipinski definition) is 7. The zero-order valence-corrected chi connectivity index (χ0v) is 33.0. The minimum absolute atomic E-state index is 0.0215. The topological polar surface area (TPSA) is 294 Å². The van der Waals surface area contributed by atoms with Gasteiger partial charge in [0.25, 0.3) is 30.4 Å². The molecule has 0 unspecified atom stereocenters. The van der Waals surface area contributed by atoms with Crippen LogP contribution in [0.25, 0.3) is 32.7 Å². The minimum atomic E-state index is -5.06. The van der Waals surface area contributed by atoms with E-state index in [1.165, 1.54) is 37.4 Å². The van der Waals surface area contributed by atoms with Crippen LogP contribution in [-0.2, 0) is 30.4 Å². The van der Waals surface area contributed by atoms with Gasteiger partial charge in [0.05, 0.1) is 12.0 Å². The molecule has 7 aromatic carbocycles. The van der Waals surface area contributed by atoms with Crippen molar-refractivity contribution in [3.63, 3.8) is 0 Å². The van der Waals surface area contributed by atoms with E-state index in [2.05, 4.69) is 25.8 Å². The lowest BCUT2D eigenvalue weighted by Crippen LogP contribution is -2.00. The highest BCUT2D eigenvalue weighted by atomic mass is 32.2. The third-order valence-corrected chi connectivity index (χ3v) is 11.6. The number of hydrogen-bond acceptors (Lipinski definition) is 15. The molecule has 0 aromatic heterocycles. The van der Waals surface area contributed by atoms with Gasteiger partial charge >= 0.3 is 0 Å². The van der Waals surface area contributed by atoms with E-state index < -0.39 is 73.7 Å². The predicted octanol–water partition coefficient (Wildman–Crippen LogP) is 9.10. The van der Waals surface area contributed by atoms with Gasteiger partial charge in [-0.1, -0.05) is 42.5 Å². The van der Waals surface area contributed by atoms with Crippen LogP contribution in [0.5, 0.6) is 23.0 Å². The molecule has 0 bridgehead atoms. The molecule has 7 aromatic rings. The quantitative estimate of drug-likeness (QED) is 0.0471. The molecule has 0 heterocycles. The molecule has 60 heavy (non-hydrogen) atoms. The van der Waals surface area contributed by atoms with Crippen molar-refractivity contribution < 1.29 is 59.0 Å². The van der Waals surface area contributed by atoms with Crippen molar-refractivity contribution in [3.05, 3.63) is 115 Å². The van der Waals surface area contributed by atoms with Gasteiger partial charge in [0, 0.05) is 22.1 Å². The first-order chi connectivity index (χ1) is 28.3. The van der Waals surface area contributed by atoms with Crippen LogP contribution < -0.4 is 10.1 Å². The van der Waals surface area contributed by atoms with Crippen molar-refractivity contribution in [3.8, 4) is 34.1 Å². The molecule has 0 aliphatic carbocycles. The van der Waals surface area contributed by atoms with Gasteiger partial charge in [0.15, 0.2) is 11.5 Å². The third-order valence-electron chi connectivity index (χ3n) is 9.00. The van der Waals surface area contributed by atoms with Crippen molar-refractivity contribution in [2.24, 2.45) is 20.5 Å². The maximum Gasteiger partial charge on any atom is 0.298 e. The number of phenols is 3. The normalized spacial score (nSPS) is 12.5.